The molecule has 5 atom stereocenters. The largest absolute Gasteiger partial charge is 0.480 e. The second-order valence-electron chi connectivity index (χ2n) is 8.13. The number of nitrogens with zero attached hydrogens (tertiary/aromatic N) is 1. The molecule has 2 rings (SSSR count). The maximum absolute atomic E-state index is 12.9. The Balaban J connectivity index is 2.05. The highest BCUT2D eigenvalue weighted by Crippen LogP contribution is 2.21. The van der Waals surface area contributed by atoms with Crippen LogP contribution in [0, 0.1) is 5.92 Å². The first-order valence-electron chi connectivity index (χ1n) is 10.2. The van der Waals surface area contributed by atoms with Crippen molar-refractivity contribution in [1.82, 2.24) is 20.9 Å². The number of nitrogens with one attached hydrogen (secondary N) is 3. The van der Waals surface area contributed by atoms with Gasteiger partial charge in [-0.15, -0.1) is 0 Å². The molecule has 0 spiro atoms. The van der Waals surface area contributed by atoms with Crippen molar-refractivity contribution in [3.63, 3.8) is 0 Å². The number of aliphatic carboxylic acids is 1. The van der Waals surface area contributed by atoms with E-state index in [4.69, 9.17) is 5.11 Å². The molecule has 10 heteroatoms. The number of hydrogen-bond donors (Lipinski definition) is 5. The monoisotopic (exact) mass is 412 g/mol. The molecule has 0 bridgehead atoms. The van der Waals surface area contributed by atoms with Gasteiger partial charge < -0.3 is 31.1 Å². The van der Waals surface area contributed by atoms with Crippen LogP contribution in [0.4, 0.5) is 0 Å². The van der Waals surface area contributed by atoms with Gasteiger partial charge in [0.25, 0.3) is 0 Å². The predicted octanol–water partition coefficient (Wildman–Crippen LogP) is -1.18. The Morgan fingerprint density at radius 3 is 2.24 bits per heavy atom. The van der Waals surface area contributed by atoms with E-state index in [-0.39, 0.29) is 17.9 Å². The summed E-state index contributed by atoms with van der Waals surface area (Å²) < 4.78 is 0. The minimum atomic E-state index is -1.47. The number of amides is 3. The number of carbonyl (C=O) groups excluding carboxylic acids is 3. The molecular weight excluding hydrogens is 380 g/mol. The van der Waals surface area contributed by atoms with Crippen molar-refractivity contribution in [2.24, 2.45) is 5.92 Å². The zero-order valence-electron chi connectivity index (χ0n) is 17.2. The zero-order valence-corrected chi connectivity index (χ0v) is 17.2. The van der Waals surface area contributed by atoms with Gasteiger partial charge in [0.15, 0.2) is 6.04 Å². The van der Waals surface area contributed by atoms with E-state index in [0.717, 1.165) is 19.4 Å². The molecule has 2 heterocycles. The molecule has 0 saturated carbocycles. The minimum absolute atomic E-state index is 0.0919. The van der Waals surface area contributed by atoms with Gasteiger partial charge in [-0.25, -0.2) is 4.79 Å². The van der Waals surface area contributed by atoms with Crippen LogP contribution in [-0.4, -0.2) is 82.2 Å². The van der Waals surface area contributed by atoms with E-state index >= 15 is 0 Å². The first-order valence-corrected chi connectivity index (χ1v) is 10.2. The van der Waals surface area contributed by atoms with Crippen molar-refractivity contribution >= 4 is 23.7 Å². The van der Waals surface area contributed by atoms with Crippen molar-refractivity contribution in [2.75, 3.05) is 13.1 Å². The van der Waals surface area contributed by atoms with Gasteiger partial charge in [0.05, 0.1) is 12.1 Å². The lowest BCUT2D eigenvalue weighted by Crippen LogP contribution is -2.59. The van der Waals surface area contributed by atoms with Crippen molar-refractivity contribution in [2.45, 2.75) is 76.7 Å². The topological polar surface area (TPSA) is 148 Å². The summed E-state index contributed by atoms with van der Waals surface area (Å²) in [5, 5.41) is 26.8. The molecule has 2 aliphatic rings. The van der Waals surface area contributed by atoms with E-state index in [0.29, 0.717) is 19.4 Å². The number of carbonyl (C=O) groups is 4. The number of aliphatic hydroxyl groups excluding tert-OH is 1. The first kappa shape index (κ1) is 23.1. The molecule has 3 amide bonds. The Hall–Kier alpha value is -2.20. The van der Waals surface area contributed by atoms with Gasteiger partial charge in [-0.3, -0.25) is 14.4 Å². The molecule has 0 aliphatic carbocycles. The van der Waals surface area contributed by atoms with Crippen LogP contribution in [0.2, 0.25) is 0 Å². The lowest BCUT2D eigenvalue weighted by atomic mass is 10.0. The smallest absolute Gasteiger partial charge is 0.328 e. The highest BCUT2D eigenvalue weighted by Gasteiger charge is 2.39. The van der Waals surface area contributed by atoms with Crippen LogP contribution < -0.4 is 16.0 Å². The summed E-state index contributed by atoms with van der Waals surface area (Å²) >= 11 is 0. The minimum Gasteiger partial charge on any atom is -0.480 e. The number of rotatable bonds is 8. The number of likely N-dealkylation sites (tertiary alicyclic amines) is 1. The van der Waals surface area contributed by atoms with Gasteiger partial charge in [0.1, 0.15) is 12.1 Å². The fourth-order valence-corrected chi connectivity index (χ4v) is 3.81. The van der Waals surface area contributed by atoms with Gasteiger partial charge in [-0.1, -0.05) is 13.8 Å². The predicted molar refractivity (Wildman–Crippen MR) is 104 cm³/mol. The van der Waals surface area contributed by atoms with Gasteiger partial charge in [0.2, 0.25) is 17.7 Å². The highest BCUT2D eigenvalue weighted by atomic mass is 16.4. The molecule has 164 valence electrons. The first-order chi connectivity index (χ1) is 13.6. The van der Waals surface area contributed by atoms with E-state index < -0.39 is 42.0 Å². The van der Waals surface area contributed by atoms with Crippen molar-refractivity contribution in [1.29, 1.82) is 0 Å². The standard InChI is InChI=1S/C19H32N4O6/c1-10(2)14(17(26)22-15(11(3)24)19(28)29)21-16(25)13-7-5-9-23(13)18(27)12-6-4-8-20-12/h10-15,20,24H,4-9H2,1-3H3,(H,21,25)(H,22,26)(H,28,29). The lowest BCUT2D eigenvalue weighted by Gasteiger charge is -2.30. The normalized spacial score (nSPS) is 24.8. The second kappa shape index (κ2) is 10.0. The van der Waals surface area contributed by atoms with E-state index in [1.165, 1.54) is 6.92 Å². The van der Waals surface area contributed by atoms with E-state index in [1.807, 2.05) is 0 Å². The highest BCUT2D eigenvalue weighted by molar-refractivity contribution is 5.94. The number of carboxylic acid groups (broad SMARTS) is 1. The Morgan fingerprint density at radius 2 is 1.72 bits per heavy atom. The molecule has 0 aromatic rings. The van der Waals surface area contributed by atoms with Crippen LogP contribution in [-0.2, 0) is 19.2 Å². The summed E-state index contributed by atoms with van der Waals surface area (Å²) in [5.74, 6) is -2.88. The average Bonchev–Trinajstić information content (AvgIpc) is 3.34. The van der Waals surface area contributed by atoms with Crippen LogP contribution in [0.15, 0.2) is 0 Å². The summed E-state index contributed by atoms with van der Waals surface area (Å²) in [4.78, 5) is 51.0. The maximum atomic E-state index is 12.9. The van der Waals surface area contributed by atoms with E-state index in [2.05, 4.69) is 16.0 Å². The van der Waals surface area contributed by atoms with E-state index in [9.17, 15) is 24.3 Å². The molecule has 0 radical (unpaired) electrons. The average molecular weight is 412 g/mol. The molecule has 5 unspecified atom stereocenters. The van der Waals surface area contributed by atoms with Gasteiger partial charge in [-0.05, 0) is 45.1 Å². The lowest BCUT2D eigenvalue weighted by molar-refractivity contribution is -0.146. The summed E-state index contributed by atoms with van der Waals surface area (Å²) in [5.41, 5.74) is 0. The number of hydrogen-bond acceptors (Lipinski definition) is 6. The third-order valence-corrected chi connectivity index (χ3v) is 5.49. The summed E-state index contributed by atoms with van der Waals surface area (Å²) in [6.07, 6.45) is 1.60. The summed E-state index contributed by atoms with van der Waals surface area (Å²) in [7, 11) is 0. The SMILES string of the molecule is CC(C)C(NC(=O)C1CCCN1C(=O)C1CCCN1)C(=O)NC(C(=O)O)C(C)O. The van der Waals surface area contributed by atoms with Crippen LogP contribution in [0.3, 0.4) is 0 Å². The van der Waals surface area contributed by atoms with Crippen molar-refractivity contribution in [3.05, 3.63) is 0 Å². The Morgan fingerprint density at radius 1 is 1.03 bits per heavy atom. The quantitative estimate of drug-likeness (QED) is 0.337. The molecule has 0 aromatic carbocycles. The Kier molecular flexibility index (Phi) is 7.97. The van der Waals surface area contributed by atoms with Gasteiger partial charge in [0, 0.05) is 6.54 Å². The molecule has 5 N–H and O–H groups in total. The molecule has 10 nitrogen and oxygen atoms in total. The molecule has 2 fully saturated rings. The Bertz CT molecular complexity index is 632. The number of aliphatic hydroxyl groups is 1. The van der Waals surface area contributed by atoms with Crippen molar-refractivity contribution < 1.29 is 29.4 Å². The second-order valence-corrected chi connectivity index (χ2v) is 8.13. The fourth-order valence-electron chi connectivity index (χ4n) is 3.81. The van der Waals surface area contributed by atoms with Gasteiger partial charge >= 0.3 is 5.97 Å². The van der Waals surface area contributed by atoms with Crippen LogP contribution in [0.25, 0.3) is 0 Å². The van der Waals surface area contributed by atoms with Crippen LogP contribution in [0.1, 0.15) is 46.5 Å². The third-order valence-electron chi connectivity index (χ3n) is 5.49. The molecule has 2 aliphatic heterocycles. The fraction of sp³-hybridized carbons (Fsp3) is 0.789. The summed E-state index contributed by atoms with van der Waals surface area (Å²) in [6, 6.07) is -3.37. The molecule has 2 saturated heterocycles. The third kappa shape index (κ3) is 5.66. The Labute approximate surface area is 170 Å². The maximum Gasteiger partial charge on any atom is 0.328 e. The molecule has 29 heavy (non-hydrogen) atoms. The summed E-state index contributed by atoms with van der Waals surface area (Å²) in [6.45, 7) is 5.99. The van der Waals surface area contributed by atoms with Crippen molar-refractivity contribution in [3.8, 4) is 0 Å². The van der Waals surface area contributed by atoms with E-state index in [1.54, 1.807) is 18.7 Å². The molecule has 0 aromatic heterocycles. The van der Waals surface area contributed by atoms with Gasteiger partial charge in [-0.2, -0.15) is 0 Å². The molecular formula is C19H32N4O6. The zero-order chi connectivity index (χ0) is 21.7. The van der Waals surface area contributed by atoms with Crippen LogP contribution >= 0.6 is 0 Å². The van der Waals surface area contributed by atoms with Crippen LogP contribution in [0.5, 0.6) is 0 Å². The number of carboxylic acids is 1.